The summed E-state index contributed by atoms with van der Waals surface area (Å²) >= 11 is 0. The fourth-order valence-corrected chi connectivity index (χ4v) is 9.76. The Morgan fingerprint density at radius 2 is 1.24 bits per heavy atom. The third kappa shape index (κ3) is 4.37. The van der Waals surface area contributed by atoms with E-state index in [2.05, 4.69) is 136 Å². The third-order valence-electron chi connectivity index (χ3n) is 12.2. The Morgan fingerprint density at radius 3 is 1.98 bits per heavy atom. The third-order valence-corrected chi connectivity index (χ3v) is 12.2. The Labute approximate surface area is 289 Å². The normalized spacial score (nSPS) is 21.4. The van der Waals surface area contributed by atoms with Crippen LogP contribution in [0.4, 0.5) is 0 Å². The van der Waals surface area contributed by atoms with Crippen LogP contribution in [0.25, 0.3) is 49.7 Å². The van der Waals surface area contributed by atoms with Crippen LogP contribution in [0.3, 0.4) is 0 Å². The van der Waals surface area contributed by atoms with Gasteiger partial charge in [-0.3, -0.25) is 0 Å². The highest BCUT2D eigenvalue weighted by Crippen LogP contribution is 2.59. The van der Waals surface area contributed by atoms with E-state index in [-0.39, 0.29) is 5.41 Å². The van der Waals surface area contributed by atoms with Gasteiger partial charge in [0.25, 0.3) is 0 Å². The fourth-order valence-electron chi connectivity index (χ4n) is 9.76. The smallest absolute Gasteiger partial charge is 0.0991 e. The van der Waals surface area contributed by atoms with Gasteiger partial charge in [-0.15, -0.1) is 6.58 Å². The van der Waals surface area contributed by atoms with Crippen LogP contribution >= 0.6 is 0 Å². The Morgan fingerprint density at radius 1 is 0.633 bits per heavy atom. The highest BCUT2D eigenvalue weighted by molar-refractivity contribution is 6.00. The molecule has 0 heterocycles. The monoisotopic (exact) mass is 629 g/mol. The molecule has 1 saturated carbocycles. The van der Waals surface area contributed by atoms with Gasteiger partial charge in [0, 0.05) is 5.41 Å². The van der Waals surface area contributed by atoms with Crippen molar-refractivity contribution in [2.45, 2.75) is 43.9 Å². The first-order valence-corrected chi connectivity index (χ1v) is 17.6. The summed E-state index contributed by atoms with van der Waals surface area (Å²) in [5, 5.41) is 11.9. The highest BCUT2D eigenvalue weighted by Gasteiger charge is 2.45. The van der Waals surface area contributed by atoms with Crippen molar-refractivity contribution in [3.05, 3.63) is 174 Å². The van der Waals surface area contributed by atoms with Crippen molar-refractivity contribution in [3.63, 3.8) is 0 Å². The van der Waals surface area contributed by atoms with Crippen molar-refractivity contribution in [2.75, 3.05) is 0 Å². The van der Waals surface area contributed by atoms with E-state index in [1.165, 1.54) is 78.4 Å². The second kappa shape index (κ2) is 11.0. The summed E-state index contributed by atoms with van der Waals surface area (Å²) in [5.74, 6) is 1.70. The molecular formula is C48H39N. The van der Waals surface area contributed by atoms with Crippen LogP contribution < -0.4 is 0 Å². The molecule has 236 valence electrons. The van der Waals surface area contributed by atoms with Crippen molar-refractivity contribution in [1.82, 2.24) is 0 Å². The molecule has 0 aliphatic heterocycles. The lowest BCUT2D eigenvalue weighted by Crippen LogP contribution is -2.29. The van der Waals surface area contributed by atoms with Crippen LogP contribution in [0.15, 0.2) is 141 Å². The van der Waals surface area contributed by atoms with Crippen LogP contribution in [-0.2, 0) is 5.41 Å². The minimum Gasteiger partial charge on any atom is -0.192 e. The molecule has 0 spiro atoms. The van der Waals surface area contributed by atoms with Gasteiger partial charge in [0.05, 0.1) is 11.6 Å². The minimum atomic E-state index is -0.143. The molecule has 9 rings (SSSR count). The molecule has 0 bridgehead atoms. The molecule has 1 fully saturated rings. The van der Waals surface area contributed by atoms with Gasteiger partial charge in [0.15, 0.2) is 0 Å². The summed E-state index contributed by atoms with van der Waals surface area (Å²) in [6, 6.07) is 46.8. The Bertz CT molecular complexity index is 2380. The van der Waals surface area contributed by atoms with Crippen LogP contribution in [0, 0.1) is 23.2 Å². The number of hydrogen-bond acceptors (Lipinski definition) is 1. The van der Waals surface area contributed by atoms with Crippen molar-refractivity contribution >= 4 is 16.3 Å². The molecule has 0 radical (unpaired) electrons. The van der Waals surface area contributed by atoms with Gasteiger partial charge < -0.3 is 0 Å². The van der Waals surface area contributed by atoms with Gasteiger partial charge in [0.1, 0.15) is 0 Å². The molecule has 3 aliphatic carbocycles. The van der Waals surface area contributed by atoms with Crippen molar-refractivity contribution < 1.29 is 0 Å². The number of fused-ring (bicyclic) bond motifs is 7. The molecular weight excluding hydrogens is 591 g/mol. The minimum absolute atomic E-state index is 0.143. The Hall–Kier alpha value is -5.45. The van der Waals surface area contributed by atoms with E-state index in [1.54, 1.807) is 0 Å². The van der Waals surface area contributed by atoms with Gasteiger partial charge in [-0.05, 0) is 138 Å². The number of allylic oxidation sites excluding steroid dienone is 2. The van der Waals surface area contributed by atoms with Gasteiger partial charge in [-0.2, -0.15) is 5.26 Å². The lowest BCUT2D eigenvalue weighted by atomic mass is 9.63. The predicted octanol–water partition coefficient (Wildman–Crippen LogP) is 12.5. The Kier molecular flexibility index (Phi) is 6.69. The first-order chi connectivity index (χ1) is 23.9. The highest BCUT2D eigenvalue weighted by atomic mass is 14.5. The number of benzene rings is 6. The average molecular weight is 630 g/mol. The standard InChI is InChI=1S/C48H39N/c1-5-34-40(24-25-44-37-11-7-6-10-35(37)29(2)47(34)44)41-23-22-36(38-12-8-9-13-39(38)41)33-19-21-43-42-20-18-32(31-16-14-30(28-49)15-17-31)26-45(42)48(3,4)46(43)27-33/h5-23,26-27,34,40,44,47H,1-2,24-25H2,3-4H3. The van der Waals surface area contributed by atoms with Crippen LogP contribution in [0.1, 0.15) is 71.9 Å². The van der Waals surface area contributed by atoms with Gasteiger partial charge in [-0.25, -0.2) is 0 Å². The van der Waals surface area contributed by atoms with Crippen molar-refractivity contribution in [1.29, 1.82) is 5.26 Å². The van der Waals surface area contributed by atoms with E-state index in [0.717, 1.165) is 12.0 Å². The summed E-state index contributed by atoms with van der Waals surface area (Å²) in [7, 11) is 0. The summed E-state index contributed by atoms with van der Waals surface area (Å²) in [4.78, 5) is 0. The molecule has 4 atom stereocenters. The quantitative estimate of drug-likeness (QED) is 0.178. The molecule has 3 aliphatic rings. The van der Waals surface area contributed by atoms with Crippen molar-refractivity contribution in [2.24, 2.45) is 11.8 Å². The average Bonchev–Trinajstić information content (AvgIpc) is 3.57. The van der Waals surface area contributed by atoms with Gasteiger partial charge in [-0.1, -0.05) is 124 Å². The van der Waals surface area contributed by atoms with Crippen molar-refractivity contribution in [3.8, 4) is 39.4 Å². The molecule has 6 aromatic carbocycles. The maximum atomic E-state index is 9.26. The molecule has 6 aromatic rings. The largest absolute Gasteiger partial charge is 0.192 e. The molecule has 0 N–H and O–H groups in total. The fraction of sp³-hybridized carbons (Fsp3) is 0.188. The Balaban J connectivity index is 1.09. The summed E-state index contributed by atoms with van der Waals surface area (Å²) < 4.78 is 0. The van der Waals surface area contributed by atoms with Gasteiger partial charge >= 0.3 is 0 Å². The van der Waals surface area contributed by atoms with E-state index in [9.17, 15) is 5.26 Å². The lowest BCUT2D eigenvalue weighted by Gasteiger charge is -2.40. The first kappa shape index (κ1) is 29.7. The van der Waals surface area contributed by atoms with E-state index >= 15 is 0 Å². The summed E-state index contributed by atoms with van der Waals surface area (Å²) in [6.45, 7) is 13.8. The molecule has 0 saturated heterocycles. The van der Waals surface area contributed by atoms with E-state index < -0.39 is 0 Å². The second-order valence-corrected chi connectivity index (χ2v) is 14.8. The summed E-state index contributed by atoms with van der Waals surface area (Å²) in [6.07, 6.45) is 4.56. The molecule has 0 amide bonds. The second-order valence-electron chi connectivity index (χ2n) is 14.8. The van der Waals surface area contributed by atoms with Crippen LogP contribution in [0.5, 0.6) is 0 Å². The number of nitrogens with zero attached hydrogens (tertiary/aromatic N) is 1. The molecule has 49 heavy (non-hydrogen) atoms. The zero-order valence-corrected chi connectivity index (χ0v) is 28.2. The number of hydrogen-bond donors (Lipinski definition) is 0. The van der Waals surface area contributed by atoms with Crippen LogP contribution in [-0.4, -0.2) is 0 Å². The SMILES string of the molecule is C=CC1C(c2ccc(-c3ccc4c(c3)C(C)(C)c3cc(-c5ccc(C#N)cc5)ccc3-4)c3ccccc23)CCC2c3ccccc3C(=C)C21. The maximum absolute atomic E-state index is 9.26. The number of rotatable bonds is 4. The number of nitriles is 1. The van der Waals surface area contributed by atoms with E-state index in [0.29, 0.717) is 29.2 Å². The topological polar surface area (TPSA) is 23.8 Å². The van der Waals surface area contributed by atoms with E-state index in [1.807, 2.05) is 24.3 Å². The van der Waals surface area contributed by atoms with E-state index in [4.69, 9.17) is 0 Å². The maximum Gasteiger partial charge on any atom is 0.0991 e. The zero-order valence-electron chi connectivity index (χ0n) is 28.2. The predicted molar refractivity (Wildman–Crippen MR) is 204 cm³/mol. The van der Waals surface area contributed by atoms with Gasteiger partial charge in [0.2, 0.25) is 0 Å². The zero-order chi connectivity index (χ0) is 33.4. The lowest BCUT2D eigenvalue weighted by molar-refractivity contribution is 0.274. The molecule has 1 nitrogen and oxygen atoms in total. The summed E-state index contributed by atoms with van der Waals surface area (Å²) in [5.41, 5.74) is 16.3. The first-order valence-electron chi connectivity index (χ1n) is 17.6. The van der Waals surface area contributed by atoms with Crippen LogP contribution in [0.2, 0.25) is 0 Å². The molecule has 4 unspecified atom stereocenters. The molecule has 0 aromatic heterocycles. The molecule has 1 heteroatoms.